The van der Waals surface area contributed by atoms with E-state index in [-0.39, 0.29) is 18.7 Å². The number of aryl methyl sites for hydroxylation is 2. The number of hydrogen-bond donors (Lipinski definition) is 2. The maximum Gasteiger partial charge on any atom is 0.338 e. The summed E-state index contributed by atoms with van der Waals surface area (Å²) in [6.45, 7) is 3.44. The Bertz CT molecular complexity index is 1020. The first kappa shape index (κ1) is 21.6. The number of aromatic nitrogens is 1. The van der Waals surface area contributed by atoms with Crippen molar-refractivity contribution in [1.82, 2.24) is 15.8 Å². The highest BCUT2D eigenvalue weighted by Gasteiger charge is 2.14. The predicted molar refractivity (Wildman–Crippen MR) is 106 cm³/mol. The smallest absolute Gasteiger partial charge is 0.338 e. The first-order valence-electron chi connectivity index (χ1n) is 9.34. The van der Waals surface area contributed by atoms with Gasteiger partial charge in [0, 0.05) is 0 Å². The van der Waals surface area contributed by atoms with Crippen molar-refractivity contribution in [2.24, 2.45) is 0 Å². The molecule has 1 aromatic carbocycles. The van der Waals surface area contributed by atoms with E-state index in [1.807, 2.05) is 6.92 Å². The molecular formula is C21H21N3O7. The van der Waals surface area contributed by atoms with E-state index in [0.717, 1.165) is 11.3 Å². The third-order valence-corrected chi connectivity index (χ3v) is 4.24. The molecule has 3 amide bonds. The molecule has 2 aromatic heterocycles. The van der Waals surface area contributed by atoms with E-state index < -0.39 is 24.5 Å². The number of ether oxygens (including phenoxy) is 2. The van der Waals surface area contributed by atoms with Crippen molar-refractivity contribution in [3.8, 4) is 5.75 Å². The second-order valence-electron chi connectivity index (χ2n) is 6.50. The number of nitrogens with one attached hydrogen (secondary N) is 2. The fourth-order valence-electron chi connectivity index (χ4n) is 2.55. The SMILES string of the molecule is Cc1noc(C)c1COc1ccc(C(=O)OCC(=O)NC(=O)NCc2ccco2)cc1. The molecule has 0 radical (unpaired) electrons. The molecule has 3 aromatic rings. The molecule has 31 heavy (non-hydrogen) atoms. The molecule has 162 valence electrons. The summed E-state index contributed by atoms with van der Waals surface area (Å²) in [7, 11) is 0. The number of hydrogen-bond acceptors (Lipinski definition) is 8. The molecular weight excluding hydrogens is 406 g/mol. The zero-order chi connectivity index (χ0) is 22.2. The van der Waals surface area contributed by atoms with Crippen molar-refractivity contribution < 1.29 is 32.8 Å². The van der Waals surface area contributed by atoms with Crippen molar-refractivity contribution in [1.29, 1.82) is 0 Å². The van der Waals surface area contributed by atoms with Crippen LogP contribution in [-0.2, 0) is 22.7 Å². The van der Waals surface area contributed by atoms with Crippen molar-refractivity contribution >= 4 is 17.9 Å². The van der Waals surface area contributed by atoms with Gasteiger partial charge in [-0.2, -0.15) is 0 Å². The topological polar surface area (TPSA) is 133 Å². The Balaban J connectivity index is 1.40. The van der Waals surface area contributed by atoms with Gasteiger partial charge >= 0.3 is 12.0 Å². The highest BCUT2D eigenvalue weighted by Crippen LogP contribution is 2.18. The molecule has 2 heterocycles. The predicted octanol–water partition coefficient (Wildman–Crippen LogP) is 2.65. The lowest BCUT2D eigenvalue weighted by Gasteiger charge is -2.08. The quantitative estimate of drug-likeness (QED) is 0.524. The van der Waals surface area contributed by atoms with Crippen LogP contribution < -0.4 is 15.4 Å². The largest absolute Gasteiger partial charge is 0.489 e. The minimum Gasteiger partial charge on any atom is -0.489 e. The fraction of sp³-hybridized carbons (Fsp3) is 0.238. The van der Waals surface area contributed by atoms with Gasteiger partial charge in [-0.05, 0) is 50.2 Å². The molecule has 0 atom stereocenters. The van der Waals surface area contributed by atoms with Crippen LogP contribution in [0.1, 0.15) is 33.1 Å². The van der Waals surface area contributed by atoms with E-state index in [4.69, 9.17) is 18.4 Å². The van der Waals surface area contributed by atoms with Crippen molar-refractivity contribution in [2.45, 2.75) is 27.0 Å². The number of rotatable bonds is 8. The number of carbonyl (C=O) groups excluding carboxylic acids is 3. The Morgan fingerprint density at radius 3 is 2.52 bits per heavy atom. The van der Waals surface area contributed by atoms with Gasteiger partial charge < -0.3 is 23.7 Å². The molecule has 0 spiro atoms. The van der Waals surface area contributed by atoms with Crippen LogP contribution in [0.2, 0.25) is 0 Å². The van der Waals surface area contributed by atoms with Crippen LogP contribution in [0.4, 0.5) is 4.79 Å². The molecule has 0 aliphatic heterocycles. The summed E-state index contributed by atoms with van der Waals surface area (Å²) in [5.41, 5.74) is 1.85. The van der Waals surface area contributed by atoms with Gasteiger partial charge in [0.25, 0.3) is 5.91 Å². The zero-order valence-electron chi connectivity index (χ0n) is 17.0. The van der Waals surface area contributed by atoms with Gasteiger partial charge in [-0.1, -0.05) is 5.16 Å². The van der Waals surface area contributed by atoms with Gasteiger partial charge in [-0.3, -0.25) is 10.1 Å². The van der Waals surface area contributed by atoms with Crippen LogP contribution in [0.15, 0.2) is 51.6 Å². The molecule has 10 heteroatoms. The lowest BCUT2D eigenvalue weighted by Crippen LogP contribution is -2.41. The van der Waals surface area contributed by atoms with Crippen molar-refractivity contribution in [3.05, 3.63) is 71.0 Å². The summed E-state index contributed by atoms with van der Waals surface area (Å²) in [6, 6.07) is 8.87. The first-order chi connectivity index (χ1) is 14.9. The maximum atomic E-state index is 12.1. The van der Waals surface area contributed by atoms with Gasteiger partial charge in [0.1, 0.15) is 23.9 Å². The number of amides is 3. The summed E-state index contributed by atoms with van der Waals surface area (Å²) in [5.74, 6) is 0.300. The third kappa shape index (κ3) is 6.20. The van der Waals surface area contributed by atoms with Gasteiger partial charge in [-0.15, -0.1) is 0 Å². The van der Waals surface area contributed by atoms with Gasteiger partial charge in [0.2, 0.25) is 0 Å². The Morgan fingerprint density at radius 1 is 1.10 bits per heavy atom. The normalized spacial score (nSPS) is 10.4. The minimum atomic E-state index is -0.760. The molecule has 0 fully saturated rings. The molecule has 0 saturated heterocycles. The zero-order valence-corrected chi connectivity index (χ0v) is 17.0. The van der Waals surface area contributed by atoms with Crippen LogP contribution in [0, 0.1) is 13.8 Å². The van der Waals surface area contributed by atoms with Crippen LogP contribution in [-0.4, -0.2) is 29.7 Å². The summed E-state index contributed by atoms with van der Waals surface area (Å²) in [6.07, 6.45) is 1.47. The Hall–Kier alpha value is -4.08. The maximum absolute atomic E-state index is 12.1. The number of urea groups is 1. The van der Waals surface area contributed by atoms with Crippen molar-refractivity contribution in [3.63, 3.8) is 0 Å². The average Bonchev–Trinajstić information content (AvgIpc) is 3.39. The highest BCUT2D eigenvalue weighted by atomic mass is 16.5. The lowest BCUT2D eigenvalue weighted by molar-refractivity contribution is -0.123. The van der Waals surface area contributed by atoms with Crippen LogP contribution in [0.3, 0.4) is 0 Å². The summed E-state index contributed by atoms with van der Waals surface area (Å²) in [5, 5.41) is 8.36. The second kappa shape index (κ2) is 10.1. The molecule has 0 unspecified atom stereocenters. The minimum absolute atomic E-state index is 0.122. The summed E-state index contributed by atoms with van der Waals surface area (Å²) < 4.78 is 20.7. The molecule has 0 saturated carbocycles. The van der Waals surface area contributed by atoms with E-state index in [9.17, 15) is 14.4 Å². The molecule has 2 N–H and O–H groups in total. The number of furan rings is 1. The third-order valence-electron chi connectivity index (χ3n) is 4.24. The Morgan fingerprint density at radius 2 is 1.87 bits per heavy atom. The van der Waals surface area contributed by atoms with E-state index in [0.29, 0.717) is 17.3 Å². The van der Waals surface area contributed by atoms with Crippen LogP contribution in [0.25, 0.3) is 0 Å². The van der Waals surface area contributed by atoms with Crippen LogP contribution >= 0.6 is 0 Å². The fourth-order valence-corrected chi connectivity index (χ4v) is 2.55. The monoisotopic (exact) mass is 427 g/mol. The molecule has 3 rings (SSSR count). The molecule has 10 nitrogen and oxygen atoms in total. The van der Waals surface area contributed by atoms with E-state index in [2.05, 4.69) is 15.8 Å². The Labute approximate surface area is 177 Å². The van der Waals surface area contributed by atoms with Crippen LogP contribution in [0.5, 0.6) is 5.75 Å². The van der Waals surface area contributed by atoms with E-state index >= 15 is 0 Å². The number of esters is 1. The highest BCUT2D eigenvalue weighted by molar-refractivity contribution is 5.97. The van der Waals surface area contributed by atoms with E-state index in [1.165, 1.54) is 18.4 Å². The van der Waals surface area contributed by atoms with Gasteiger partial charge in [-0.25, -0.2) is 9.59 Å². The number of carbonyl (C=O) groups is 3. The average molecular weight is 427 g/mol. The number of benzene rings is 1. The molecule has 0 bridgehead atoms. The Kier molecular flexibility index (Phi) is 7.05. The lowest BCUT2D eigenvalue weighted by atomic mass is 10.2. The molecule has 0 aliphatic rings. The number of nitrogens with zero attached hydrogens (tertiary/aromatic N) is 1. The number of imide groups is 1. The van der Waals surface area contributed by atoms with Gasteiger partial charge in [0.15, 0.2) is 6.61 Å². The first-order valence-corrected chi connectivity index (χ1v) is 9.34. The molecule has 0 aliphatic carbocycles. The second-order valence-corrected chi connectivity index (χ2v) is 6.50. The van der Waals surface area contributed by atoms with Gasteiger partial charge in [0.05, 0.1) is 29.6 Å². The standard InChI is InChI=1S/C21H21N3O7/c1-13-18(14(2)31-24-13)11-29-16-7-5-15(6-8-16)20(26)30-12-19(25)23-21(27)22-10-17-4-3-9-28-17/h3-9H,10-12H2,1-2H3,(H2,22,23,25,27). The summed E-state index contributed by atoms with van der Waals surface area (Å²) >= 11 is 0. The summed E-state index contributed by atoms with van der Waals surface area (Å²) in [4.78, 5) is 35.5. The van der Waals surface area contributed by atoms with Crippen molar-refractivity contribution in [2.75, 3.05) is 6.61 Å². The van der Waals surface area contributed by atoms with E-state index in [1.54, 1.807) is 31.2 Å².